The van der Waals surface area contributed by atoms with Crippen molar-refractivity contribution in [1.29, 1.82) is 0 Å². The van der Waals surface area contributed by atoms with E-state index in [1.165, 1.54) is 25.2 Å². The molecule has 1 rings (SSSR count). The van der Waals surface area contributed by atoms with Crippen LogP contribution in [0.3, 0.4) is 0 Å². The zero-order valence-corrected chi connectivity index (χ0v) is 11.2. The van der Waals surface area contributed by atoms with Gasteiger partial charge in [0, 0.05) is 12.3 Å². The Bertz CT molecular complexity index is 331. The summed E-state index contributed by atoms with van der Waals surface area (Å²) in [5.74, 6) is 0. The Labute approximate surface area is 105 Å². The van der Waals surface area contributed by atoms with Crippen molar-refractivity contribution in [3.63, 3.8) is 0 Å². The molecule has 0 radical (unpaired) electrons. The lowest BCUT2D eigenvalue weighted by atomic mass is 10.1. The molecule has 0 aliphatic heterocycles. The summed E-state index contributed by atoms with van der Waals surface area (Å²) in [7, 11) is 0. The fourth-order valence-corrected chi connectivity index (χ4v) is 2.17. The Morgan fingerprint density at radius 3 is 2.00 bits per heavy atom. The van der Waals surface area contributed by atoms with Crippen LogP contribution >= 0.6 is 0 Å². The smallest absolute Gasteiger partial charge is 0.104 e. The molecule has 0 unspecified atom stereocenters. The van der Waals surface area contributed by atoms with Gasteiger partial charge in [-0.1, -0.05) is 12.1 Å². The van der Waals surface area contributed by atoms with Crippen LogP contribution in [0.5, 0.6) is 0 Å². The topological polar surface area (TPSA) is 24.4 Å². The van der Waals surface area contributed by atoms with Crippen LogP contribution in [0.4, 0.5) is 5.69 Å². The highest BCUT2D eigenvalue weighted by molar-refractivity contribution is 5.45. The molecule has 0 amide bonds. The average molecular weight is 234 g/mol. The molecule has 3 heteroatoms. The number of hydrazone groups is 1. The van der Waals surface area contributed by atoms with E-state index in [-0.39, 0.29) is 0 Å². The third kappa shape index (κ3) is 3.56. The predicted octanol–water partition coefficient (Wildman–Crippen LogP) is 3.09. The number of hydrogen-bond acceptors (Lipinski definition) is 2. The van der Waals surface area contributed by atoms with E-state index in [0.717, 1.165) is 16.7 Å². The molecule has 0 saturated carbocycles. The third-order valence-electron chi connectivity index (χ3n) is 3.69. The SMILES string of the molecule is C=NNc1ccc(C[N+](CC)(CC)CC)cc1. The van der Waals surface area contributed by atoms with E-state index in [1.54, 1.807) is 0 Å². The second-order valence-corrected chi connectivity index (χ2v) is 4.42. The van der Waals surface area contributed by atoms with Gasteiger partial charge in [0.15, 0.2) is 0 Å². The van der Waals surface area contributed by atoms with Gasteiger partial charge in [0.2, 0.25) is 0 Å². The van der Waals surface area contributed by atoms with Gasteiger partial charge in [0.1, 0.15) is 6.54 Å². The molecule has 3 nitrogen and oxygen atoms in total. The first-order valence-corrected chi connectivity index (χ1v) is 6.35. The maximum Gasteiger partial charge on any atom is 0.104 e. The van der Waals surface area contributed by atoms with Gasteiger partial charge >= 0.3 is 0 Å². The van der Waals surface area contributed by atoms with Gasteiger partial charge in [-0.25, -0.2) is 0 Å². The Morgan fingerprint density at radius 1 is 1.06 bits per heavy atom. The first kappa shape index (κ1) is 13.7. The van der Waals surface area contributed by atoms with E-state index < -0.39 is 0 Å². The highest BCUT2D eigenvalue weighted by Gasteiger charge is 2.20. The van der Waals surface area contributed by atoms with Crippen LogP contribution in [0.2, 0.25) is 0 Å². The van der Waals surface area contributed by atoms with Crippen molar-refractivity contribution in [2.45, 2.75) is 27.3 Å². The van der Waals surface area contributed by atoms with Crippen molar-refractivity contribution < 1.29 is 4.48 Å². The number of nitrogens with one attached hydrogen (secondary N) is 1. The molecule has 0 aliphatic rings. The lowest BCUT2D eigenvalue weighted by Gasteiger charge is -2.35. The van der Waals surface area contributed by atoms with Crippen molar-refractivity contribution >= 4 is 12.4 Å². The van der Waals surface area contributed by atoms with Crippen LogP contribution in [0.15, 0.2) is 29.4 Å². The Balaban J connectivity index is 2.76. The Hall–Kier alpha value is -1.35. The fraction of sp³-hybridized carbons (Fsp3) is 0.500. The highest BCUT2D eigenvalue weighted by Crippen LogP contribution is 2.16. The monoisotopic (exact) mass is 234 g/mol. The number of rotatable bonds is 7. The Kier molecular flexibility index (Phi) is 5.16. The largest absolute Gasteiger partial charge is 0.321 e. The van der Waals surface area contributed by atoms with Gasteiger partial charge in [-0.3, -0.25) is 5.43 Å². The van der Waals surface area contributed by atoms with Crippen molar-refractivity contribution in [1.82, 2.24) is 0 Å². The first-order chi connectivity index (χ1) is 8.19. The second-order valence-electron chi connectivity index (χ2n) is 4.42. The molecule has 0 saturated heterocycles. The van der Waals surface area contributed by atoms with Crippen LogP contribution < -0.4 is 5.43 Å². The number of quaternary nitrogens is 1. The van der Waals surface area contributed by atoms with Crippen molar-refractivity contribution in [2.75, 3.05) is 25.1 Å². The molecule has 1 aromatic carbocycles. The maximum atomic E-state index is 3.65. The number of benzene rings is 1. The van der Waals surface area contributed by atoms with Crippen LogP contribution in [0.25, 0.3) is 0 Å². The first-order valence-electron chi connectivity index (χ1n) is 6.35. The summed E-state index contributed by atoms with van der Waals surface area (Å²) < 4.78 is 1.15. The summed E-state index contributed by atoms with van der Waals surface area (Å²) in [6.45, 7) is 14.9. The summed E-state index contributed by atoms with van der Waals surface area (Å²) in [5.41, 5.74) is 5.22. The van der Waals surface area contributed by atoms with Gasteiger partial charge in [0.25, 0.3) is 0 Å². The molecular formula is C14H24N3+. The lowest BCUT2D eigenvalue weighted by molar-refractivity contribution is -0.936. The number of anilines is 1. The minimum atomic E-state index is 0.992. The molecule has 0 aliphatic carbocycles. The van der Waals surface area contributed by atoms with Crippen LogP contribution in [0, 0.1) is 0 Å². The van der Waals surface area contributed by atoms with Gasteiger partial charge in [0.05, 0.1) is 25.3 Å². The van der Waals surface area contributed by atoms with E-state index in [9.17, 15) is 0 Å². The van der Waals surface area contributed by atoms with Gasteiger partial charge in [-0.05, 0) is 32.9 Å². The molecule has 0 aromatic heterocycles. The lowest BCUT2D eigenvalue weighted by Crippen LogP contribution is -2.46. The summed E-state index contributed by atoms with van der Waals surface area (Å²) in [6, 6.07) is 8.45. The number of hydrogen-bond donors (Lipinski definition) is 1. The average Bonchev–Trinajstić information content (AvgIpc) is 2.39. The standard InChI is InChI=1S/C14H24N3/c1-5-17(6-2,7-3)12-13-8-10-14(11-9-13)16-15-4/h8-11,16H,4-7,12H2,1-3H3/q+1. The minimum Gasteiger partial charge on any atom is -0.321 e. The zero-order valence-electron chi connectivity index (χ0n) is 11.2. The Morgan fingerprint density at radius 2 is 1.59 bits per heavy atom. The summed E-state index contributed by atoms with van der Waals surface area (Å²) in [5, 5.41) is 3.65. The van der Waals surface area contributed by atoms with Gasteiger partial charge in [-0.2, -0.15) is 5.10 Å². The predicted molar refractivity (Wildman–Crippen MR) is 75.2 cm³/mol. The normalized spacial score (nSPS) is 11.2. The van der Waals surface area contributed by atoms with Crippen molar-refractivity contribution in [2.24, 2.45) is 5.10 Å². The molecular weight excluding hydrogens is 210 g/mol. The van der Waals surface area contributed by atoms with Gasteiger partial charge in [-0.15, -0.1) is 0 Å². The van der Waals surface area contributed by atoms with E-state index in [0.29, 0.717) is 0 Å². The third-order valence-corrected chi connectivity index (χ3v) is 3.69. The maximum absolute atomic E-state index is 3.65. The summed E-state index contributed by atoms with van der Waals surface area (Å²) >= 11 is 0. The molecule has 1 N–H and O–H groups in total. The van der Waals surface area contributed by atoms with Crippen molar-refractivity contribution in [3.05, 3.63) is 29.8 Å². The molecule has 0 heterocycles. The summed E-state index contributed by atoms with van der Waals surface area (Å²) in [6.07, 6.45) is 0. The minimum absolute atomic E-state index is 0.992. The van der Waals surface area contributed by atoms with E-state index in [2.05, 4.69) is 62.3 Å². The zero-order chi connectivity index (χ0) is 12.7. The van der Waals surface area contributed by atoms with Crippen molar-refractivity contribution in [3.8, 4) is 0 Å². The molecule has 0 fully saturated rings. The second kappa shape index (κ2) is 6.40. The van der Waals surface area contributed by atoms with Crippen LogP contribution in [-0.4, -0.2) is 30.8 Å². The molecule has 17 heavy (non-hydrogen) atoms. The quantitative estimate of drug-likeness (QED) is 0.437. The van der Waals surface area contributed by atoms with E-state index in [4.69, 9.17) is 0 Å². The summed E-state index contributed by atoms with van der Waals surface area (Å²) in [4.78, 5) is 0. The van der Waals surface area contributed by atoms with Gasteiger partial charge < -0.3 is 4.48 Å². The van der Waals surface area contributed by atoms with Crippen LogP contribution in [-0.2, 0) is 6.54 Å². The molecule has 1 aromatic rings. The molecule has 0 spiro atoms. The molecule has 0 bridgehead atoms. The molecule has 94 valence electrons. The van der Waals surface area contributed by atoms with Crippen LogP contribution in [0.1, 0.15) is 26.3 Å². The molecule has 0 atom stereocenters. The van der Waals surface area contributed by atoms with E-state index >= 15 is 0 Å². The number of nitrogens with zero attached hydrogens (tertiary/aromatic N) is 2. The fourth-order valence-electron chi connectivity index (χ4n) is 2.17. The highest BCUT2D eigenvalue weighted by atomic mass is 15.3. The van der Waals surface area contributed by atoms with E-state index in [1.807, 2.05) is 0 Å².